The number of hydrogen-bond acceptors (Lipinski definition) is 7. The van der Waals surface area contributed by atoms with Gasteiger partial charge in [-0.1, -0.05) is 18.2 Å². The highest BCUT2D eigenvalue weighted by Gasteiger charge is 2.26. The number of aromatic nitrogens is 3. The van der Waals surface area contributed by atoms with Crippen LogP contribution in [-0.2, 0) is 0 Å². The molecule has 1 fully saturated rings. The first-order chi connectivity index (χ1) is 15.4. The van der Waals surface area contributed by atoms with Crippen molar-refractivity contribution >= 4 is 17.5 Å². The Balaban J connectivity index is 1.61. The smallest absolute Gasteiger partial charge is 0.196 e. The number of Topliss-reactive ketones (excluding diaryl/α,β-unsaturated/α-hetero) is 1. The molecule has 1 aliphatic rings. The lowest BCUT2D eigenvalue weighted by molar-refractivity contribution is 0.102. The second-order valence-corrected chi connectivity index (χ2v) is 8.78. The highest BCUT2D eigenvalue weighted by atomic mass is 32.2. The maximum Gasteiger partial charge on any atom is 0.196 e. The summed E-state index contributed by atoms with van der Waals surface area (Å²) in [6, 6.07) is 10.0. The summed E-state index contributed by atoms with van der Waals surface area (Å²) < 4.78 is 15.4. The molecule has 32 heavy (non-hydrogen) atoms. The van der Waals surface area contributed by atoms with E-state index in [0.29, 0.717) is 5.16 Å². The fraction of sp³-hybridized carbons (Fsp3) is 0.348. The molecule has 0 amide bonds. The van der Waals surface area contributed by atoms with Gasteiger partial charge in [-0.2, -0.15) is 0 Å². The van der Waals surface area contributed by atoms with Crippen molar-refractivity contribution in [3.05, 3.63) is 59.7 Å². The first-order valence-electron chi connectivity index (χ1n) is 10.6. The van der Waals surface area contributed by atoms with Crippen molar-refractivity contribution in [2.24, 2.45) is 0 Å². The van der Waals surface area contributed by atoms with Gasteiger partial charge in [0.05, 0.1) is 17.4 Å². The minimum absolute atomic E-state index is 0.0130. The van der Waals surface area contributed by atoms with Gasteiger partial charge in [0.25, 0.3) is 0 Å². The molecule has 168 valence electrons. The zero-order valence-corrected chi connectivity index (χ0v) is 18.6. The molecule has 0 unspecified atom stereocenters. The van der Waals surface area contributed by atoms with Crippen molar-refractivity contribution in [3.63, 3.8) is 0 Å². The average Bonchev–Trinajstić information content (AvgIpc) is 3.22. The average molecular weight is 457 g/mol. The molecule has 1 saturated heterocycles. The zero-order valence-electron chi connectivity index (χ0n) is 17.7. The van der Waals surface area contributed by atoms with E-state index >= 15 is 0 Å². The number of phenolic OH excluding ortho intramolecular Hbond substituents is 2. The fourth-order valence-electron chi connectivity index (χ4n) is 3.91. The predicted octanol–water partition coefficient (Wildman–Crippen LogP) is 4.34. The number of aromatic hydroxyl groups is 2. The van der Waals surface area contributed by atoms with Crippen molar-refractivity contribution in [1.29, 1.82) is 0 Å². The van der Waals surface area contributed by atoms with Crippen LogP contribution in [-0.4, -0.2) is 54.5 Å². The van der Waals surface area contributed by atoms with Crippen LogP contribution in [0.25, 0.3) is 5.69 Å². The van der Waals surface area contributed by atoms with Crippen LogP contribution >= 0.6 is 11.8 Å². The van der Waals surface area contributed by atoms with E-state index in [1.807, 2.05) is 4.57 Å². The van der Waals surface area contributed by atoms with Crippen molar-refractivity contribution in [1.82, 2.24) is 19.7 Å². The molecular formula is C23H25FN4O3S. The molecule has 1 aliphatic heterocycles. The first-order valence-corrected chi connectivity index (χ1v) is 11.6. The number of benzene rings is 2. The molecule has 2 N–H and O–H groups in total. The van der Waals surface area contributed by atoms with E-state index in [1.54, 1.807) is 12.1 Å². The Labute approximate surface area is 189 Å². The van der Waals surface area contributed by atoms with Crippen LogP contribution in [0.4, 0.5) is 4.39 Å². The summed E-state index contributed by atoms with van der Waals surface area (Å²) >= 11 is 1.20. The third-order valence-corrected chi connectivity index (χ3v) is 6.60. The molecule has 1 aromatic heterocycles. The minimum atomic E-state index is -0.334. The summed E-state index contributed by atoms with van der Waals surface area (Å²) in [5.74, 6) is -0.253. The number of phenols is 2. The third-order valence-electron chi connectivity index (χ3n) is 5.67. The Morgan fingerprint density at radius 2 is 1.81 bits per heavy atom. The largest absolute Gasteiger partial charge is 0.508 e. The Kier molecular flexibility index (Phi) is 6.76. The highest BCUT2D eigenvalue weighted by Crippen LogP contribution is 2.31. The minimum Gasteiger partial charge on any atom is -0.508 e. The zero-order chi connectivity index (χ0) is 22.7. The van der Waals surface area contributed by atoms with E-state index in [0.717, 1.165) is 43.5 Å². The van der Waals surface area contributed by atoms with Gasteiger partial charge in [-0.25, -0.2) is 4.39 Å². The molecule has 0 bridgehead atoms. The normalized spacial score (nSPS) is 15.6. The molecule has 0 radical (unpaired) electrons. The van der Waals surface area contributed by atoms with Crippen LogP contribution in [0.1, 0.15) is 48.4 Å². The van der Waals surface area contributed by atoms with Gasteiger partial charge in [0.1, 0.15) is 17.3 Å². The van der Waals surface area contributed by atoms with E-state index in [-0.39, 0.29) is 40.5 Å². The number of carbonyl (C=O) groups excluding carboxylic acids is 1. The lowest BCUT2D eigenvalue weighted by atomic mass is 10.1. The van der Waals surface area contributed by atoms with Gasteiger partial charge < -0.3 is 10.2 Å². The summed E-state index contributed by atoms with van der Waals surface area (Å²) in [5, 5.41) is 28.7. The molecule has 2 aromatic carbocycles. The van der Waals surface area contributed by atoms with Gasteiger partial charge in [-0.3, -0.25) is 14.3 Å². The SMILES string of the molecule is C[C@H](c1nnc(SCC(=O)c2ccc(O)cc2O)n1-c1ccc(F)cc1)N1CCCCC1. The molecule has 3 aromatic rings. The summed E-state index contributed by atoms with van der Waals surface area (Å²) in [4.78, 5) is 15.0. The Morgan fingerprint density at radius 1 is 1.09 bits per heavy atom. The van der Waals surface area contributed by atoms with Crippen LogP contribution in [0.15, 0.2) is 47.6 Å². The van der Waals surface area contributed by atoms with Crippen molar-refractivity contribution in [2.75, 3.05) is 18.8 Å². The lowest BCUT2D eigenvalue weighted by Crippen LogP contribution is -2.33. The second kappa shape index (κ2) is 9.70. The van der Waals surface area contributed by atoms with Gasteiger partial charge in [-0.15, -0.1) is 10.2 Å². The van der Waals surface area contributed by atoms with Crippen LogP contribution in [0.2, 0.25) is 0 Å². The summed E-state index contributed by atoms with van der Waals surface area (Å²) in [6.45, 7) is 4.06. The summed E-state index contributed by atoms with van der Waals surface area (Å²) in [6.07, 6.45) is 3.50. The number of thioether (sulfide) groups is 1. The standard InChI is InChI=1S/C23H25FN4O3S/c1-15(27-11-3-2-4-12-27)22-25-26-23(28(22)17-7-5-16(24)6-8-17)32-14-21(31)19-10-9-18(29)13-20(19)30/h5-10,13,15,29-30H,2-4,11-12,14H2,1H3/t15-/m1/s1. The van der Waals surface area contributed by atoms with Gasteiger partial charge in [0.2, 0.25) is 0 Å². The van der Waals surface area contributed by atoms with Gasteiger partial charge in [0.15, 0.2) is 16.8 Å². The van der Waals surface area contributed by atoms with Crippen molar-refractivity contribution in [3.8, 4) is 17.2 Å². The Morgan fingerprint density at radius 3 is 2.50 bits per heavy atom. The van der Waals surface area contributed by atoms with Crippen LogP contribution in [0, 0.1) is 5.82 Å². The van der Waals surface area contributed by atoms with Gasteiger partial charge in [0, 0.05) is 11.8 Å². The monoisotopic (exact) mass is 456 g/mol. The highest BCUT2D eigenvalue weighted by molar-refractivity contribution is 7.99. The van der Waals surface area contributed by atoms with Crippen LogP contribution in [0.5, 0.6) is 11.5 Å². The first kappa shape index (κ1) is 22.3. The Hall–Kier alpha value is -2.91. The number of piperidine rings is 1. The quantitative estimate of drug-likeness (QED) is 0.404. The number of carbonyl (C=O) groups is 1. The molecular weight excluding hydrogens is 431 g/mol. The maximum atomic E-state index is 13.5. The van der Waals surface area contributed by atoms with E-state index in [1.165, 1.54) is 42.4 Å². The van der Waals surface area contributed by atoms with Crippen molar-refractivity contribution in [2.45, 2.75) is 37.4 Å². The predicted molar refractivity (Wildman–Crippen MR) is 120 cm³/mol. The number of likely N-dealkylation sites (tertiary alicyclic amines) is 1. The Bertz CT molecular complexity index is 1100. The van der Waals surface area contributed by atoms with E-state index < -0.39 is 0 Å². The lowest BCUT2D eigenvalue weighted by Gasteiger charge is -2.31. The second-order valence-electron chi connectivity index (χ2n) is 7.84. The summed E-state index contributed by atoms with van der Waals surface area (Å²) in [7, 11) is 0. The van der Waals surface area contributed by atoms with Crippen molar-refractivity contribution < 1.29 is 19.4 Å². The van der Waals surface area contributed by atoms with E-state index in [2.05, 4.69) is 22.0 Å². The van der Waals surface area contributed by atoms with Crippen LogP contribution in [0.3, 0.4) is 0 Å². The molecule has 0 saturated carbocycles. The molecule has 9 heteroatoms. The summed E-state index contributed by atoms with van der Waals surface area (Å²) in [5.41, 5.74) is 0.850. The molecule has 0 spiro atoms. The van der Waals surface area contributed by atoms with E-state index in [4.69, 9.17) is 0 Å². The number of ketones is 1. The number of rotatable bonds is 7. The topological polar surface area (TPSA) is 91.5 Å². The molecule has 0 aliphatic carbocycles. The fourth-order valence-corrected chi connectivity index (χ4v) is 4.75. The molecule has 4 rings (SSSR count). The molecule has 1 atom stereocenters. The number of nitrogens with zero attached hydrogens (tertiary/aromatic N) is 4. The number of hydrogen-bond donors (Lipinski definition) is 2. The molecule has 2 heterocycles. The van der Waals surface area contributed by atoms with E-state index in [9.17, 15) is 19.4 Å². The maximum absolute atomic E-state index is 13.5. The van der Waals surface area contributed by atoms with Gasteiger partial charge in [-0.05, 0) is 69.3 Å². The van der Waals surface area contributed by atoms with Crippen LogP contribution < -0.4 is 0 Å². The third kappa shape index (κ3) is 4.78. The van der Waals surface area contributed by atoms with Gasteiger partial charge >= 0.3 is 0 Å². The number of halogens is 1. The molecule has 7 nitrogen and oxygen atoms in total.